The van der Waals surface area contributed by atoms with Crippen molar-refractivity contribution >= 4 is 12.2 Å². The van der Waals surface area contributed by atoms with E-state index in [1.54, 1.807) is 11.9 Å². The summed E-state index contributed by atoms with van der Waals surface area (Å²) in [7, 11) is 1.74. The molecule has 0 fully saturated rings. The molecule has 0 aliphatic rings. The van der Waals surface area contributed by atoms with Gasteiger partial charge in [0.1, 0.15) is 5.84 Å². The van der Waals surface area contributed by atoms with Crippen LogP contribution in [0.15, 0.2) is 0 Å². The molecule has 0 spiro atoms. The minimum atomic E-state index is 0.247. The van der Waals surface area contributed by atoms with Gasteiger partial charge in [0.15, 0.2) is 0 Å². The summed E-state index contributed by atoms with van der Waals surface area (Å²) in [6.45, 7) is 6.32. The van der Waals surface area contributed by atoms with Gasteiger partial charge in [-0.25, -0.2) is 0 Å². The first-order valence-corrected chi connectivity index (χ1v) is 4.30. The summed E-state index contributed by atoms with van der Waals surface area (Å²) in [6.07, 6.45) is 2.19. The molecular weight excluding hydrogens is 150 g/mol. The Hall–Kier alpha value is -0.860. The van der Waals surface area contributed by atoms with E-state index in [4.69, 9.17) is 10.8 Å². The first-order chi connectivity index (χ1) is 5.49. The molecule has 12 heavy (non-hydrogen) atoms. The normalized spacial score (nSPS) is 12.8. The molecule has 0 heterocycles. The van der Waals surface area contributed by atoms with E-state index in [1.165, 1.54) is 6.34 Å². The van der Waals surface area contributed by atoms with Crippen molar-refractivity contribution in [3.8, 4) is 0 Å². The fraction of sp³-hybridized carbons (Fsp3) is 0.778. The fourth-order valence-electron chi connectivity index (χ4n) is 1.24. The zero-order valence-corrected chi connectivity index (χ0v) is 8.39. The number of nitrogens with zero attached hydrogens (tertiary/aromatic N) is 1. The van der Waals surface area contributed by atoms with Crippen molar-refractivity contribution in [2.24, 2.45) is 11.8 Å². The third-order valence-electron chi connectivity index (χ3n) is 1.87. The number of amidine groups is 1. The van der Waals surface area contributed by atoms with E-state index in [0.717, 1.165) is 6.42 Å². The van der Waals surface area contributed by atoms with Crippen molar-refractivity contribution in [2.75, 3.05) is 7.05 Å². The van der Waals surface area contributed by atoms with Crippen LogP contribution in [0.2, 0.25) is 0 Å². The SMILES string of the molecule is CC(C)CC(C)C(=N)N(C)C=N. The molecule has 1 unspecified atom stereocenters. The molecule has 3 heteroatoms. The van der Waals surface area contributed by atoms with Gasteiger partial charge < -0.3 is 4.90 Å². The number of hydrogen-bond donors (Lipinski definition) is 2. The molecule has 0 aromatic carbocycles. The van der Waals surface area contributed by atoms with Crippen LogP contribution in [0, 0.1) is 22.7 Å². The highest BCUT2D eigenvalue weighted by Gasteiger charge is 2.12. The average Bonchev–Trinajstić information content (AvgIpc) is 2.00. The minimum Gasteiger partial charge on any atom is -0.325 e. The van der Waals surface area contributed by atoms with Crippen LogP contribution in [-0.4, -0.2) is 24.1 Å². The predicted octanol–water partition coefficient (Wildman–Crippen LogP) is 2.18. The number of hydrogen-bond acceptors (Lipinski definition) is 2. The molecule has 0 bridgehead atoms. The van der Waals surface area contributed by atoms with Gasteiger partial charge in [0.05, 0.1) is 6.34 Å². The van der Waals surface area contributed by atoms with E-state index in [-0.39, 0.29) is 5.92 Å². The highest BCUT2D eigenvalue weighted by molar-refractivity contribution is 5.90. The van der Waals surface area contributed by atoms with Crippen LogP contribution >= 0.6 is 0 Å². The summed E-state index contributed by atoms with van der Waals surface area (Å²) < 4.78 is 0. The quantitative estimate of drug-likeness (QED) is 0.492. The molecule has 0 aromatic rings. The summed E-state index contributed by atoms with van der Waals surface area (Å²) in [5.74, 6) is 1.38. The van der Waals surface area contributed by atoms with E-state index in [0.29, 0.717) is 11.8 Å². The molecule has 0 rings (SSSR count). The molecule has 0 amide bonds. The van der Waals surface area contributed by atoms with E-state index in [2.05, 4.69) is 13.8 Å². The maximum absolute atomic E-state index is 7.67. The monoisotopic (exact) mass is 169 g/mol. The molecule has 0 aromatic heterocycles. The molecule has 3 nitrogen and oxygen atoms in total. The zero-order valence-electron chi connectivity index (χ0n) is 8.39. The van der Waals surface area contributed by atoms with E-state index < -0.39 is 0 Å². The molecule has 0 radical (unpaired) electrons. The maximum atomic E-state index is 7.67. The smallest absolute Gasteiger partial charge is 0.104 e. The van der Waals surface area contributed by atoms with Gasteiger partial charge in [-0.15, -0.1) is 0 Å². The predicted molar refractivity (Wildman–Crippen MR) is 52.9 cm³/mol. The molecule has 70 valence electrons. The van der Waals surface area contributed by atoms with Crippen LogP contribution < -0.4 is 0 Å². The highest BCUT2D eigenvalue weighted by Crippen LogP contribution is 2.12. The Balaban J connectivity index is 4.00. The van der Waals surface area contributed by atoms with Gasteiger partial charge in [-0.3, -0.25) is 10.8 Å². The summed E-state index contributed by atoms with van der Waals surface area (Å²) in [6, 6.07) is 0. The van der Waals surface area contributed by atoms with Gasteiger partial charge in [0.25, 0.3) is 0 Å². The van der Waals surface area contributed by atoms with Crippen LogP contribution in [0.1, 0.15) is 27.2 Å². The lowest BCUT2D eigenvalue weighted by molar-refractivity contribution is 0.496. The van der Waals surface area contributed by atoms with Gasteiger partial charge in [-0.1, -0.05) is 20.8 Å². The minimum absolute atomic E-state index is 0.247. The first kappa shape index (κ1) is 11.1. The third-order valence-corrected chi connectivity index (χ3v) is 1.87. The molecule has 0 saturated carbocycles. The third kappa shape index (κ3) is 3.51. The first-order valence-electron chi connectivity index (χ1n) is 4.30. The van der Waals surface area contributed by atoms with Gasteiger partial charge in [0, 0.05) is 13.0 Å². The van der Waals surface area contributed by atoms with Crippen LogP contribution in [0.3, 0.4) is 0 Å². The van der Waals surface area contributed by atoms with Crippen molar-refractivity contribution < 1.29 is 0 Å². The Morgan fingerprint density at radius 1 is 1.42 bits per heavy atom. The molecule has 1 atom stereocenters. The lowest BCUT2D eigenvalue weighted by Gasteiger charge is -2.21. The molecular formula is C9H19N3. The second-order valence-electron chi connectivity index (χ2n) is 3.66. The Bertz CT molecular complexity index is 163. The van der Waals surface area contributed by atoms with Crippen LogP contribution in [-0.2, 0) is 0 Å². The van der Waals surface area contributed by atoms with Crippen molar-refractivity contribution in [1.82, 2.24) is 4.90 Å². The Morgan fingerprint density at radius 3 is 2.25 bits per heavy atom. The topological polar surface area (TPSA) is 50.9 Å². The molecule has 0 saturated heterocycles. The lowest BCUT2D eigenvalue weighted by atomic mass is 9.97. The summed E-state index contributed by atoms with van der Waals surface area (Å²) in [5, 5.41) is 14.6. The van der Waals surface area contributed by atoms with Gasteiger partial charge in [0.2, 0.25) is 0 Å². The number of rotatable bonds is 4. The highest BCUT2D eigenvalue weighted by atomic mass is 15.1. The summed E-state index contributed by atoms with van der Waals surface area (Å²) in [4.78, 5) is 1.55. The lowest BCUT2D eigenvalue weighted by Crippen LogP contribution is -2.30. The number of nitrogens with one attached hydrogen (secondary N) is 2. The van der Waals surface area contributed by atoms with E-state index in [1.807, 2.05) is 6.92 Å². The molecule has 0 aliphatic heterocycles. The van der Waals surface area contributed by atoms with Crippen LogP contribution in [0.4, 0.5) is 0 Å². The Kier molecular flexibility index (Phi) is 4.55. The molecule has 0 aliphatic carbocycles. The van der Waals surface area contributed by atoms with Gasteiger partial charge in [-0.2, -0.15) is 0 Å². The van der Waals surface area contributed by atoms with Crippen LogP contribution in [0.25, 0.3) is 0 Å². The Labute approximate surface area is 74.8 Å². The molecule has 2 N–H and O–H groups in total. The van der Waals surface area contributed by atoms with Crippen molar-refractivity contribution in [3.63, 3.8) is 0 Å². The van der Waals surface area contributed by atoms with Gasteiger partial charge >= 0.3 is 0 Å². The largest absolute Gasteiger partial charge is 0.325 e. The second-order valence-corrected chi connectivity index (χ2v) is 3.66. The summed E-state index contributed by atoms with van der Waals surface area (Å²) >= 11 is 0. The van der Waals surface area contributed by atoms with Crippen molar-refractivity contribution in [1.29, 1.82) is 10.8 Å². The Morgan fingerprint density at radius 2 is 1.92 bits per heavy atom. The standard InChI is InChI=1S/C9H19N3/c1-7(2)5-8(3)9(11)12(4)6-10/h6-8,10-11H,5H2,1-4H3. The van der Waals surface area contributed by atoms with Crippen molar-refractivity contribution in [3.05, 3.63) is 0 Å². The van der Waals surface area contributed by atoms with Crippen molar-refractivity contribution in [2.45, 2.75) is 27.2 Å². The average molecular weight is 169 g/mol. The maximum Gasteiger partial charge on any atom is 0.104 e. The van der Waals surface area contributed by atoms with Gasteiger partial charge in [-0.05, 0) is 12.3 Å². The zero-order chi connectivity index (χ0) is 9.72. The fourth-order valence-corrected chi connectivity index (χ4v) is 1.24. The van der Waals surface area contributed by atoms with E-state index in [9.17, 15) is 0 Å². The summed E-state index contributed by atoms with van der Waals surface area (Å²) in [5.41, 5.74) is 0. The van der Waals surface area contributed by atoms with Crippen LogP contribution in [0.5, 0.6) is 0 Å². The second kappa shape index (κ2) is 4.91. The van der Waals surface area contributed by atoms with E-state index >= 15 is 0 Å².